The molecule has 0 heterocycles. The number of hydrogen-bond acceptors (Lipinski definition) is 4. The predicted octanol–water partition coefficient (Wildman–Crippen LogP) is 5.77. The van der Waals surface area contributed by atoms with E-state index in [1.807, 2.05) is 12.4 Å². The van der Waals surface area contributed by atoms with E-state index < -0.39 is 16.1 Å². The molecule has 0 radical (unpaired) electrons. The molecule has 2 unspecified atom stereocenters. The van der Waals surface area contributed by atoms with E-state index in [0.717, 1.165) is 54.4 Å². The van der Waals surface area contributed by atoms with Crippen molar-refractivity contribution in [1.82, 2.24) is 0 Å². The van der Waals surface area contributed by atoms with Gasteiger partial charge in [-0.1, -0.05) is 87.8 Å². The third-order valence-corrected chi connectivity index (χ3v) is 11.2. The minimum atomic E-state index is -1.51. The van der Waals surface area contributed by atoms with Crippen LogP contribution in [0, 0.1) is 0 Å². The summed E-state index contributed by atoms with van der Waals surface area (Å²) in [6.07, 6.45) is 8.43. The number of rotatable bonds is 8. The van der Waals surface area contributed by atoms with Crippen LogP contribution >= 0.6 is 0 Å². The van der Waals surface area contributed by atoms with Crippen molar-refractivity contribution in [3.05, 3.63) is 46.5 Å². The van der Waals surface area contributed by atoms with Gasteiger partial charge in [-0.2, -0.15) is 0 Å². The first kappa shape index (κ1) is 27.4. The van der Waals surface area contributed by atoms with Gasteiger partial charge in [-0.25, -0.2) is 0 Å². The lowest BCUT2D eigenvalue weighted by molar-refractivity contribution is 0.467. The topological polar surface area (TPSA) is 65.2 Å². The van der Waals surface area contributed by atoms with Crippen LogP contribution in [0.15, 0.2) is 34.3 Å². The van der Waals surface area contributed by atoms with E-state index in [-0.39, 0.29) is 12.1 Å². The van der Waals surface area contributed by atoms with Crippen LogP contribution in [0.25, 0.3) is 0 Å². The van der Waals surface area contributed by atoms with Crippen molar-refractivity contribution in [3.63, 3.8) is 0 Å². The van der Waals surface area contributed by atoms with Crippen LogP contribution in [-0.4, -0.2) is 50.9 Å². The zero-order valence-electron chi connectivity index (χ0n) is 22.9. The molecule has 1 aliphatic carbocycles. The molecule has 190 valence electrons. The number of aliphatic imine (C=N–C) groups is 2. The fraction of sp³-hybridized carbons (Fsp3) is 0.517. The maximum absolute atomic E-state index is 10.8. The van der Waals surface area contributed by atoms with E-state index >= 15 is 0 Å². The molecule has 0 aliphatic heterocycles. The second kappa shape index (κ2) is 10.8. The lowest BCUT2D eigenvalue weighted by atomic mass is 10.1. The third kappa shape index (κ3) is 6.53. The first-order chi connectivity index (χ1) is 16.3. The lowest BCUT2D eigenvalue weighted by Crippen LogP contribution is -2.38. The molecule has 2 aromatic rings. The molecule has 0 amide bonds. The number of aromatic hydroxyl groups is 2. The Morgan fingerprint density at radius 3 is 1.40 bits per heavy atom. The van der Waals surface area contributed by atoms with Crippen molar-refractivity contribution >= 4 is 39.0 Å². The Bertz CT molecular complexity index is 1020. The summed E-state index contributed by atoms with van der Waals surface area (Å²) >= 11 is 0. The van der Waals surface area contributed by atoms with Crippen molar-refractivity contribution in [2.75, 3.05) is 0 Å². The van der Waals surface area contributed by atoms with Gasteiger partial charge in [0.1, 0.15) is 11.5 Å². The minimum absolute atomic E-state index is 0.0965. The quantitative estimate of drug-likeness (QED) is 0.351. The van der Waals surface area contributed by atoms with E-state index in [0.29, 0.717) is 11.5 Å². The summed E-state index contributed by atoms with van der Waals surface area (Å²) in [5.41, 5.74) is 3.64. The molecule has 3 rings (SSSR count). The van der Waals surface area contributed by atoms with E-state index in [1.54, 1.807) is 0 Å². The average Bonchev–Trinajstić information content (AvgIpc) is 3.23. The Morgan fingerprint density at radius 2 is 1.09 bits per heavy atom. The molecule has 1 saturated carbocycles. The van der Waals surface area contributed by atoms with Gasteiger partial charge in [0.2, 0.25) is 0 Å². The highest BCUT2D eigenvalue weighted by molar-refractivity contribution is 6.89. The van der Waals surface area contributed by atoms with Crippen LogP contribution in [0.2, 0.25) is 39.3 Å². The molecule has 0 spiro atoms. The molecule has 4 nitrogen and oxygen atoms in total. The summed E-state index contributed by atoms with van der Waals surface area (Å²) in [6, 6.07) is 8.80. The van der Waals surface area contributed by atoms with E-state index in [9.17, 15) is 10.2 Å². The van der Waals surface area contributed by atoms with Crippen molar-refractivity contribution in [1.29, 1.82) is 0 Å². The molecular weight excluding hydrogens is 465 g/mol. The molecule has 2 atom stereocenters. The van der Waals surface area contributed by atoms with Crippen molar-refractivity contribution < 1.29 is 10.2 Å². The zero-order valence-corrected chi connectivity index (χ0v) is 24.9. The highest BCUT2D eigenvalue weighted by atomic mass is 28.3. The van der Waals surface area contributed by atoms with E-state index in [2.05, 4.69) is 77.4 Å². The lowest BCUT2D eigenvalue weighted by Gasteiger charge is -2.20. The van der Waals surface area contributed by atoms with Gasteiger partial charge in [-0.3, -0.25) is 9.98 Å². The van der Waals surface area contributed by atoms with Crippen molar-refractivity contribution in [2.45, 2.75) is 97.3 Å². The molecule has 0 bridgehead atoms. The third-order valence-electron chi connectivity index (χ3n) is 7.18. The van der Waals surface area contributed by atoms with Crippen molar-refractivity contribution in [2.24, 2.45) is 9.98 Å². The maximum Gasteiger partial charge on any atom is 0.127 e. The van der Waals surface area contributed by atoms with Gasteiger partial charge in [0.25, 0.3) is 0 Å². The minimum Gasteiger partial charge on any atom is -0.507 e. The SMILES string of the molecule is CCc1cc([Si](C)(C)C)cc(C=NC2CCCC2N=Cc2cc([Si](C)(C)C)cc(CC)c2O)c1O. The fourth-order valence-corrected chi connectivity index (χ4v) is 7.05. The van der Waals surface area contributed by atoms with Crippen LogP contribution in [-0.2, 0) is 12.8 Å². The van der Waals surface area contributed by atoms with E-state index in [4.69, 9.17) is 9.98 Å². The molecule has 2 aromatic carbocycles. The number of phenols is 2. The number of hydrogen-bond donors (Lipinski definition) is 2. The van der Waals surface area contributed by atoms with Crippen LogP contribution in [0.4, 0.5) is 0 Å². The number of aryl methyl sites for hydroxylation is 2. The Kier molecular flexibility index (Phi) is 8.48. The molecule has 1 aliphatic rings. The molecule has 1 fully saturated rings. The average molecular weight is 509 g/mol. The summed E-state index contributed by atoms with van der Waals surface area (Å²) in [4.78, 5) is 9.84. The van der Waals surface area contributed by atoms with Crippen LogP contribution in [0.5, 0.6) is 11.5 Å². The molecule has 2 N–H and O–H groups in total. The highest BCUT2D eigenvalue weighted by Crippen LogP contribution is 2.28. The number of phenolic OH excluding ortho intramolecular Hbond substituents is 2. The summed E-state index contributed by atoms with van der Waals surface area (Å²) < 4.78 is 0. The molecule has 6 heteroatoms. The smallest absolute Gasteiger partial charge is 0.127 e. The number of benzene rings is 2. The van der Waals surface area contributed by atoms with Crippen molar-refractivity contribution in [3.8, 4) is 11.5 Å². The molecular formula is C29H44N2O2Si2. The zero-order chi connectivity index (χ0) is 26.0. The molecule has 35 heavy (non-hydrogen) atoms. The first-order valence-corrected chi connectivity index (χ1v) is 20.1. The fourth-order valence-electron chi connectivity index (χ4n) is 4.66. The Hall–Kier alpha value is -2.19. The van der Waals surface area contributed by atoms with Gasteiger partial charge in [0.15, 0.2) is 0 Å². The van der Waals surface area contributed by atoms with Gasteiger partial charge in [-0.05, 0) is 43.2 Å². The number of nitrogens with zero attached hydrogens (tertiary/aromatic N) is 2. The maximum atomic E-state index is 10.8. The largest absolute Gasteiger partial charge is 0.507 e. The standard InChI is InChI=1S/C29H44N2O2Si2/c1-9-20-14-24(34(3,4)5)16-22(28(20)32)18-30-26-12-11-13-27(26)31-19-23-17-25(35(6,7)8)15-21(10-2)29(23)33/h14-19,26-27,32-33H,9-13H2,1-8H3. The normalized spacial score (nSPS) is 19.3. The summed E-state index contributed by atoms with van der Waals surface area (Å²) in [5, 5.41) is 24.3. The second-order valence-corrected chi connectivity index (χ2v) is 22.1. The highest BCUT2D eigenvalue weighted by Gasteiger charge is 2.26. The predicted molar refractivity (Wildman–Crippen MR) is 158 cm³/mol. The Labute approximate surface area is 214 Å². The summed E-state index contributed by atoms with van der Waals surface area (Å²) in [5.74, 6) is 0.716. The van der Waals surface area contributed by atoms with Gasteiger partial charge in [0.05, 0.1) is 28.2 Å². The second-order valence-electron chi connectivity index (χ2n) is 12.0. The summed E-state index contributed by atoms with van der Waals surface area (Å²) in [7, 11) is -3.02. The van der Waals surface area contributed by atoms with Gasteiger partial charge >= 0.3 is 0 Å². The monoisotopic (exact) mass is 508 g/mol. The van der Waals surface area contributed by atoms with Gasteiger partial charge in [0, 0.05) is 23.6 Å². The molecule has 0 aromatic heterocycles. The van der Waals surface area contributed by atoms with Crippen LogP contribution < -0.4 is 10.4 Å². The van der Waals surface area contributed by atoms with Gasteiger partial charge < -0.3 is 10.2 Å². The Morgan fingerprint density at radius 1 is 0.714 bits per heavy atom. The van der Waals surface area contributed by atoms with Crippen LogP contribution in [0.3, 0.4) is 0 Å². The van der Waals surface area contributed by atoms with Gasteiger partial charge in [-0.15, -0.1) is 0 Å². The summed E-state index contributed by atoms with van der Waals surface area (Å²) in [6.45, 7) is 18.2. The van der Waals surface area contributed by atoms with Crippen LogP contribution in [0.1, 0.15) is 55.4 Å². The Balaban J connectivity index is 1.88. The first-order valence-electron chi connectivity index (χ1n) is 13.1. The van der Waals surface area contributed by atoms with E-state index in [1.165, 1.54) is 10.4 Å². The molecule has 0 saturated heterocycles.